The van der Waals surface area contributed by atoms with Gasteiger partial charge in [0.25, 0.3) is 0 Å². The number of esters is 1. The fourth-order valence-electron chi connectivity index (χ4n) is 1.62. The van der Waals surface area contributed by atoms with E-state index in [1.807, 2.05) is 0 Å². The molecular formula is C14H13F3O5S. The van der Waals surface area contributed by atoms with Gasteiger partial charge < -0.3 is 8.92 Å². The molecule has 0 aliphatic heterocycles. The molecule has 5 nitrogen and oxygen atoms in total. The van der Waals surface area contributed by atoms with Gasteiger partial charge in [0, 0.05) is 5.56 Å². The smallest absolute Gasteiger partial charge is 0.462 e. The third-order valence-corrected chi connectivity index (χ3v) is 3.58. The van der Waals surface area contributed by atoms with Crippen molar-refractivity contribution in [2.45, 2.75) is 12.4 Å². The van der Waals surface area contributed by atoms with Crippen molar-refractivity contribution in [1.82, 2.24) is 0 Å². The zero-order chi connectivity index (χ0) is 17.8. The van der Waals surface area contributed by atoms with E-state index in [0.717, 1.165) is 12.1 Å². The van der Waals surface area contributed by atoms with Crippen molar-refractivity contribution in [2.75, 3.05) is 6.61 Å². The summed E-state index contributed by atoms with van der Waals surface area (Å²) in [6.45, 7) is 8.25. The van der Waals surface area contributed by atoms with Crippen molar-refractivity contribution in [1.29, 1.82) is 0 Å². The molecule has 0 bridgehead atoms. The second kappa shape index (κ2) is 6.86. The first-order valence-electron chi connectivity index (χ1n) is 6.18. The number of carbonyl (C=O) groups is 1. The standard InChI is InChI=1S/C14H13F3O5S/c1-4-9-7-8-11(13(18)21-6-3)12(10(9)5-2)22-23(19,20)14(15,16)17/h4-5,7-8H,1-2,6H2,3H3. The van der Waals surface area contributed by atoms with Crippen molar-refractivity contribution in [3.05, 3.63) is 42.0 Å². The summed E-state index contributed by atoms with van der Waals surface area (Å²) in [6, 6.07) is 2.44. The molecule has 0 aliphatic carbocycles. The zero-order valence-corrected chi connectivity index (χ0v) is 12.8. The second-order valence-electron chi connectivity index (χ2n) is 4.06. The summed E-state index contributed by atoms with van der Waals surface area (Å²) in [5, 5.41) is 0. The number of benzene rings is 1. The van der Waals surface area contributed by atoms with Crippen LogP contribution < -0.4 is 4.18 Å². The SMILES string of the molecule is C=Cc1ccc(C(=O)OCC)c(OS(=O)(=O)C(F)(F)F)c1C=C. The van der Waals surface area contributed by atoms with Crippen LogP contribution in [0.25, 0.3) is 12.2 Å². The molecule has 0 atom stereocenters. The molecule has 1 aromatic carbocycles. The van der Waals surface area contributed by atoms with Gasteiger partial charge in [-0.25, -0.2) is 4.79 Å². The minimum absolute atomic E-state index is 0.0586. The van der Waals surface area contributed by atoms with Gasteiger partial charge in [-0.3, -0.25) is 0 Å². The molecule has 1 rings (SSSR count). The van der Waals surface area contributed by atoms with Crippen LogP contribution in [-0.4, -0.2) is 26.5 Å². The summed E-state index contributed by atoms with van der Waals surface area (Å²) >= 11 is 0. The van der Waals surface area contributed by atoms with Crippen LogP contribution in [0.15, 0.2) is 25.3 Å². The molecule has 0 amide bonds. The van der Waals surface area contributed by atoms with Gasteiger partial charge in [0.05, 0.1) is 6.61 Å². The molecule has 23 heavy (non-hydrogen) atoms. The highest BCUT2D eigenvalue weighted by Crippen LogP contribution is 2.34. The van der Waals surface area contributed by atoms with Crippen molar-refractivity contribution >= 4 is 28.2 Å². The van der Waals surface area contributed by atoms with Crippen molar-refractivity contribution in [2.24, 2.45) is 0 Å². The van der Waals surface area contributed by atoms with E-state index in [1.165, 1.54) is 19.1 Å². The maximum absolute atomic E-state index is 12.5. The van der Waals surface area contributed by atoms with Gasteiger partial charge in [-0.15, -0.1) is 0 Å². The minimum atomic E-state index is -5.97. The van der Waals surface area contributed by atoms with Crippen LogP contribution in [0, 0.1) is 0 Å². The second-order valence-corrected chi connectivity index (χ2v) is 5.59. The molecular weight excluding hydrogens is 337 g/mol. The molecule has 1 aromatic rings. The maximum atomic E-state index is 12.5. The first-order chi connectivity index (χ1) is 10.6. The number of carbonyl (C=O) groups excluding carboxylic acids is 1. The lowest BCUT2D eigenvalue weighted by Gasteiger charge is -2.16. The van der Waals surface area contributed by atoms with E-state index in [4.69, 9.17) is 0 Å². The van der Waals surface area contributed by atoms with Gasteiger partial charge in [0.2, 0.25) is 0 Å². The summed E-state index contributed by atoms with van der Waals surface area (Å²) in [6.07, 6.45) is 2.31. The third kappa shape index (κ3) is 3.92. The van der Waals surface area contributed by atoms with E-state index < -0.39 is 32.9 Å². The Kier molecular flexibility index (Phi) is 5.60. The molecule has 0 unspecified atom stereocenters. The van der Waals surface area contributed by atoms with Crippen LogP contribution in [-0.2, 0) is 14.9 Å². The Morgan fingerprint density at radius 1 is 1.26 bits per heavy atom. The highest BCUT2D eigenvalue weighted by molar-refractivity contribution is 7.88. The number of ether oxygens (including phenoxy) is 1. The highest BCUT2D eigenvalue weighted by atomic mass is 32.2. The van der Waals surface area contributed by atoms with Crippen molar-refractivity contribution < 1.29 is 35.3 Å². The normalized spacial score (nSPS) is 11.7. The van der Waals surface area contributed by atoms with Crippen LogP contribution in [0.1, 0.15) is 28.4 Å². The van der Waals surface area contributed by atoms with Crippen LogP contribution in [0.3, 0.4) is 0 Å². The van der Waals surface area contributed by atoms with Gasteiger partial charge in [0.1, 0.15) is 5.56 Å². The Balaban J connectivity index is 3.61. The van der Waals surface area contributed by atoms with Crippen LogP contribution >= 0.6 is 0 Å². The molecule has 0 saturated carbocycles. The lowest BCUT2D eigenvalue weighted by molar-refractivity contribution is -0.0500. The molecule has 126 valence electrons. The summed E-state index contributed by atoms with van der Waals surface area (Å²) in [5.74, 6) is -1.84. The summed E-state index contributed by atoms with van der Waals surface area (Å²) < 4.78 is 69.0. The van der Waals surface area contributed by atoms with Gasteiger partial charge in [-0.1, -0.05) is 31.4 Å². The number of alkyl halides is 3. The van der Waals surface area contributed by atoms with Gasteiger partial charge in [-0.05, 0) is 18.6 Å². The predicted octanol–water partition coefficient (Wildman–Crippen LogP) is 3.38. The van der Waals surface area contributed by atoms with Crippen LogP contribution in [0.4, 0.5) is 13.2 Å². The van der Waals surface area contributed by atoms with E-state index in [1.54, 1.807) is 0 Å². The van der Waals surface area contributed by atoms with E-state index in [-0.39, 0.29) is 17.7 Å². The molecule has 0 spiro atoms. The largest absolute Gasteiger partial charge is 0.534 e. The molecule has 0 aliphatic rings. The third-order valence-electron chi connectivity index (χ3n) is 2.63. The Labute approximate surface area is 131 Å². The Morgan fingerprint density at radius 3 is 2.30 bits per heavy atom. The molecule has 0 N–H and O–H groups in total. The number of hydrogen-bond acceptors (Lipinski definition) is 5. The zero-order valence-electron chi connectivity index (χ0n) is 12.0. The maximum Gasteiger partial charge on any atom is 0.534 e. The Bertz CT molecular complexity index is 736. The number of hydrogen-bond donors (Lipinski definition) is 0. The summed E-state index contributed by atoms with van der Waals surface area (Å²) in [4.78, 5) is 11.8. The average molecular weight is 350 g/mol. The quantitative estimate of drug-likeness (QED) is 0.447. The molecule has 0 saturated heterocycles. The first-order valence-corrected chi connectivity index (χ1v) is 7.59. The van der Waals surface area contributed by atoms with Crippen LogP contribution in [0.2, 0.25) is 0 Å². The van der Waals surface area contributed by atoms with Gasteiger partial charge in [0.15, 0.2) is 5.75 Å². The van der Waals surface area contributed by atoms with E-state index in [9.17, 15) is 26.4 Å². The Morgan fingerprint density at radius 2 is 1.87 bits per heavy atom. The number of halogens is 3. The van der Waals surface area contributed by atoms with E-state index in [2.05, 4.69) is 22.1 Å². The minimum Gasteiger partial charge on any atom is -0.462 e. The highest BCUT2D eigenvalue weighted by Gasteiger charge is 2.49. The van der Waals surface area contributed by atoms with E-state index >= 15 is 0 Å². The van der Waals surface area contributed by atoms with Gasteiger partial charge in [-0.2, -0.15) is 21.6 Å². The fourth-order valence-corrected chi connectivity index (χ4v) is 2.11. The predicted molar refractivity (Wildman–Crippen MR) is 78.2 cm³/mol. The lowest BCUT2D eigenvalue weighted by Crippen LogP contribution is -2.29. The number of rotatable bonds is 6. The molecule has 0 heterocycles. The molecule has 0 fully saturated rings. The van der Waals surface area contributed by atoms with Crippen molar-refractivity contribution in [3.8, 4) is 5.75 Å². The molecule has 9 heteroatoms. The fraction of sp³-hybridized carbons (Fsp3) is 0.214. The summed E-state index contributed by atoms with van der Waals surface area (Å²) in [5.41, 5.74) is -6.01. The molecule has 0 aromatic heterocycles. The van der Waals surface area contributed by atoms with Crippen LogP contribution in [0.5, 0.6) is 5.75 Å². The molecule has 0 radical (unpaired) electrons. The average Bonchev–Trinajstić information content (AvgIpc) is 2.45. The van der Waals surface area contributed by atoms with Gasteiger partial charge >= 0.3 is 21.6 Å². The lowest BCUT2D eigenvalue weighted by atomic mass is 10.0. The van der Waals surface area contributed by atoms with Crippen molar-refractivity contribution in [3.63, 3.8) is 0 Å². The first kappa shape index (κ1) is 18.8. The van der Waals surface area contributed by atoms with E-state index in [0.29, 0.717) is 0 Å². The topological polar surface area (TPSA) is 69.7 Å². The summed E-state index contributed by atoms with van der Waals surface area (Å²) in [7, 11) is -5.97. The monoisotopic (exact) mass is 350 g/mol. The Hall–Kier alpha value is -2.29.